The van der Waals surface area contributed by atoms with Crippen molar-refractivity contribution in [1.82, 2.24) is 0 Å². The van der Waals surface area contributed by atoms with Crippen LogP contribution in [0.3, 0.4) is 0 Å². The zero-order chi connectivity index (χ0) is 13.1. The fraction of sp³-hybridized carbons (Fsp3) is 0.0714. The van der Waals surface area contributed by atoms with Crippen molar-refractivity contribution in [3.8, 4) is 0 Å². The lowest BCUT2D eigenvalue weighted by molar-refractivity contribution is 0.0992. The van der Waals surface area contributed by atoms with Crippen molar-refractivity contribution < 1.29 is 9.18 Å². The van der Waals surface area contributed by atoms with Gasteiger partial charge >= 0.3 is 0 Å². The van der Waals surface area contributed by atoms with E-state index in [1.807, 2.05) is 18.2 Å². The summed E-state index contributed by atoms with van der Waals surface area (Å²) in [5, 5.41) is 0. The summed E-state index contributed by atoms with van der Waals surface area (Å²) < 4.78 is 14.7. The fourth-order valence-corrected chi connectivity index (χ4v) is 2.57. The number of rotatable bonds is 3. The van der Waals surface area contributed by atoms with Gasteiger partial charge in [0.2, 0.25) is 0 Å². The highest BCUT2D eigenvalue weighted by atomic mass is 127. The average molecular weight is 419 g/mol. The van der Waals surface area contributed by atoms with Gasteiger partial charge in [0.25, 0.3) is 0 Å². The minimum absolute atomic E-state index is 0.0141. The van der Waals surface area contributed by atoms with E-state index < -0.39 is 0 Å². The molecule has 0 unspecified atom stereocenters. The highest BCUT2D eigenvalue weighted by Crippen LogP contribution is 2.22. The van der Waals surface area contributed by atoms with Gasteiger partial charge in [0.15, 0.2) is 5.78 Å². The van der Waals surface area contributed by atoms with Crippen molar-refractivity contribution in [3.05, 3.63) is 67.5 Å². The maximum Gasteiger partial charge on any atom is 0.167 e. The van der Waals surface area contributed by atoms with E-state index in [0.29, 0.717) is 15.6 Å². The van der Waals surface area contributed by atoms with Gasteiger partial charge in [-0.2, -0.15) is 0 Å². The molecule has 0 atom stereocenters. The minimum atomic E-state index is -0.344. The lowest BCUT2D eigenvalue weighted by Gasteiger charge is -2.05. The van der Waals surface area contributed by atoms with Crippen molar-refractivity contribution in [2.75, 3.05) is 0 Å². The molecule has 0 heterocycles. The molecule has 92 valence electrons. The predicted octanol–water partition coefficient (Wildman–Crippen LogP) is 4.62. The minimum Gasteiger partial charge on any atom is -0.294 e. The second-order valence-corrected chi connectivity index (χ2v) is 5.86. The molecule has 0 fully saturated rings. The van der Waals surface area contributed by atoms with E-state index >= 15 is 0 Å². The molecule has 0 aliphatic heterocycles. The standard InChI is InChI=1S/C14H9BrFIO/c15-14-10(4-2-6-12(14)16)8-13(18)9-3-1-5-11(17)7-9/h1-7H,8H2. The van der Waals surface area contributed by atoms with Crippen LogP contribution in [0, 0.1) is 9.39 Å². The Morgan fingerprint density at radius 2 is 1.94 bits per heavy atom. The van der Waals surface area contributed by atoms with Crippen LogP contribution in [0.2, 0.25) is 0 Å². The van der Waals surface area contributed by atoms with E-state index in [-0.39, 0.29) is 18.0 Å². The second-order valence-electron chi connectivity index (χ2n) is 3.82. The second kappa shape index (κ2) is 5.93. The lowest BCUT2D eigenvalue weighted by atomic mass is 10.0. The molecule has 0 N–H and O–H groups in total. The quantitative estimate of drug-likeness (QED) is 0.525. The van der Waals surface area contributed by atoms with Crippen molar-refractivity contribution in [3.63, 3.8) is 0 Å². The van der Waals surface area contributed by atoms with Crippen molar-refractivity contribution >= 4 is 44.3 Å². The van der Waals surface area contributed by atoms with Crippen molar-refractivity contribution in [2.24, 2.45) is 0 Å². The zero-order valence-electron chi connectivity index (χ0n) is 9.29. The van der Waals surface area contributed by atoms with Crippen LogP contribution in [0.25, 0.3) is 0 Å². The van der Waals surface area contributed by atoms with Crippen LogP contribution in [0.5, 0.6) is 0 Å². The Hall–Kier alpha value is -0.750. The van der Waals surface area contributed by atoms with Crippen molar-refractivity contribution in [1.29, 1.82) is 0 Å². The fourth-order valence-electron chi connectivity index (χ4n) is 1.62. The molecule has 0 radical (unpaired) electrons. The molecule has 2 aromatic carbocycles. The Bertz CT molecular complexity index is 598. The van der Waals surface area contributed by atoms with Crippen LogP contribution in [-0.2, 0) is 6.42 Å². The summed E-state index contributed by atoms with van der Waals surface area (Å²) in [4.78, 5) is 12.1. The number of hydrogen-bond acceptors (Lipinski definition) is 1. The molecule has 0 saturated heterocycles. The van der Waals surface area contributed by atoms with E-state index in [4.69, 9.17) is 0 Å². The molecule has 0 bridgehead atoms. The highest BCUT2D eigenvalue weighted by Gasteiger charge is 2.11. The van der Waals surface area contributed by atoms with Gasteiger partial charge in [-0.15, -0.1) is 0 Å². The van der Waals surface area contributed by atoms with Crippen LogP contribution in [0.15, 0.2) is 46.9 Å². The summed E-state index contributed by atoms with van der Waals surface area (Å²) in [6, 6.07) is 12.1. The molecular formula is C14H9BrFIO. The first-order valence-corrected chi connectivity index (χ1v) is 7.17. The van der Waals surface area contributed by atoms with Gasteiger partial charge in [0, 0.05) is 15.6 Å². The number of ketones is 1. The van der Waals surface area contributed by atoms with Gasteiger partial charge in [0.1, 0.15) is 5.82 Å². The van der Waals surface area contributed by atoms with E-state index in [1.165, 1.54) is 6.07 Å². The largest absolute Gasteiger partial charge is 0.294 e. The number of benzene rings is 2. The molecule has 0 aromatic heterocycles. The average Bonchev–Trinajstić information content (AvgIpc) is 2.35. The predicted molar refractivity (Wildman–Crippen MR) is 81.3 cm³/mol. The zero-order valence-corrected chi connectivity index (χ0v) is 13.0. The van der Waals surface area contributed by atoms with Crippen LogP contribution >= 0.6 is 38.5 Å². The number of hydrogen-bond donors (Lipinski definition) is 0. The summed E-state index contributed by atoms with van der Waals surface area (Å²) in [6.07, 6.45) is 0.193. The number of halogens is 3. The van der Waals surface area contributed by atoms with E-state index in [9.17, 15) is 9.18 Å². The Kier molecular flexibility index (Phi) is 4.50. The maximum atomic E-state index is 13.3. The Balaban J connectivity index is 2.24. The van der Waals surface area contributed by atoms with Gasteiger partial charge < -0.3 is 0 Å². The normalized spacial score (nSPS) is 10.4. The monoisotopic (exact) mass is 418 g/mol. The molecule has 0 saturated carbocycles. The number of carbonyl (C=O) groups is 1. The van der Waals surface area contributed by atoms with Crippen LogP contribution in [-0.4, -0.2) is 5.78 Å². The van der Waals surface area contributed by atoms with Crippen LogP contribution in [0.1, 0.15) is 15.9 Å². The van der Waals surface area contributed by atoms with Gasteiger partial charge in [-0.1, -0.05) is 24.3 Å². The van der Waals surface area contributed by atoms with Gasteiger partial charge in [0.05, 0.1) is 4.47 Å². The lowest BCUT2D eigenvalue weighted by Crippen LogP contribution is -2.04. The third-order valence-corrected chi connectivity index (χ3v) is 4.09. The molecular weight excluding hydrogens is 410 g/mol. The topological polar surface area (TPSA) is 17.1 Å². The van der Waals surface area contributed by atoms with Gasteiger partial charge in [-0.3, -0.25) is 4.79 Å². The molecule has 2 rings (SSSR count). The third kappa shape index (κ3) is 3.17. The molecule has 0 spiro atoms. The number of Topliss-reactive ketones (excluding diaryl/α,β-unsaturated/α-hetero) is 1. The van der Waals surface area contributed by atoms with Crippen LogP contribution < -0.4 is 0 Å². The summed E-state index contributed by atoms with van der Waals surface area (Å²) in [5.41, 5.74) is 1.32. The molecule has 4 heteroatoms. The van der Waals surface area contributed by atoms with E-state index in [2.05, 4.69) is 38.5 Å². The molecule has 0 aliphatic carbocycles. The summed E-state index contributed by atoms with van der Waals surface area (Å²) in [5.74, 6) is -0.359. The summed E-state index contributed by atoms with van der Waals surface area (Å²) >= 11 is 5.33. The molecule has 1 nitrogen and oxygen atoms in total. The van der Waals surface area contributed by atoms with E-state index in [0.717, 1.165) is 3.57 Å². The van der Waals surface area contributed by atoms with Crippen molar-refractivity contribution in [2.45, 2.75) is 6.42 Å². The Morgan fingerprint density at radius 1 is 1.22 bits per heavy atom. The first-order valence-electron chi connectivity index (χ1n) is 5.29. The first kappa shape index (κ1) is 13.7. The molecule has 2 aromatic rings. The Labute approximate surface area is 127 Å². The smallest absolute Gasteiger partial charge is 0.167 e. The first-order chi connectivity index (χ1) is 8.58. The summed E-state index contributed by atoms with van der Waals surface area (Å²) in [7, 11) is 0. The molecule has 0 aliphatic rings. The van der Waals surface area contributed by atoms with E-state index in [1.54, 1.807) is 18.2 Å². The SMILES string of the molecule is O=C(Cc1cccc(F)c1Br)c1cccc(I)c1. The number of carbonyl (C=O) groups excluding carboxylic acids is 1. The summed E-state index contributed by atoms with van der Waals surface area (Å²) in [6.45, 7) is 0. The maximum absolute atomic E-state index is 13.3. The molecule has 18 heavy (non-hydrogen) atoms. The molecule has 0 amide bonds. The highest BCUT2D eigenvalue weighted by molar-refractivity contribution is 14.1. The van der Waals surface area contributed by atoms with Gasteiger partial charge in [-0.05, 0) is 62.3 Å². The van der Waals surface area contributed by atoms with Crippen LogP contribution in [0.4, 0.5) is 4.39 Å². The van der Waals surface area contributed by atoms with Gasteiger partial charge in [-0.25, -0.2) is 4.39 Å². The Morgan fingerprint density at radius 3 is 2.67 bits per heavy atom. The third-order valence-electron chi connectivity index (χ3n) is 2.53.